The standard InChI is InChI=1S/C26H16N2O8/c29-21-17-5-1-2-6-18(17)22(30)27(21)13-35-25(33)15-9-11-16(12-10-15)26(34)36-14-28-23(31)19-7-3-4-8-20(19)24(28)32/h1-12H,13-14H2. The van der Waals surface area contributed by atoms with E-state index < -0.39 is 49.0 Å². The third kappa shape index (κ3) is 3.80. The van der Waals surface area contributed by atoms with E-state index in [1.165, 1.54) is 48.5 Å². The molecule has 0 atom stereocenters. The number of benzene rings is 3. The van der Waals surface area contributed by atoms with Gasteiger partial charge >= 0.3 is 11.9 Å². The van der Waals surface area contributed by atoms with Crippen LogP contribution in [-0.4, -0.2) is 58.8 Å². The zero-order valence-electron chi connectivity index (χ0n) is 18.5. The van der Waals surface area contributed by atoms with E-state index in [4.69, 9.17) is 9.47 Å². The quantitative estimate of drug-likeness (QED) is 0.386. The Balaban J connectivity index is 1.16. The molecule has 0 saturated heterocycles. The van der Waals surface area contributed by atoms with Gasteiger partial charge in [0.2, 0.25) is 0 Å². The maximum Gasteiger partial charge on any atom is 0.339 e. The number of amides is 4. The number of carbonyl (C=O) groups is 6. The molecule has 10 nitrogen and oxygen atoms in total. The van der Waals surface area contributed by atoms with Gasteiger partial charge in [0.15, 0.2) is 13.5 Å². The van der Waals surface area contributed by atoms with Crippen molar-refractivity contribution in [2.24, 2.45) is 0 Å². The largest absolute Gasteiger partial charge is 0.440 e. The molecule has 2 aliphatic heterocycles. The molecule has 2 heterocycles. The summed E-state index contributed by atoms with van der Waals surface area (Å²) in [6, 6.07) is 17.8. The number of imide groups is 2. The molecule has 0 fully saturated rings. The number of esters is 2. The summed E-state index contributed by atoms with van der Waals surface area (Å²) in [7, 11) is 0. The number of rotatable bonds is 6. The summed E-state index contributed by atoms with van der Waals surface area (Å²) < 4.78 is 10.2. The van der Waals surface area contributed by atoms with Gasteiger partial charge < -0.3 is 9.47 Å². The fourth-order valence-corrected chi connectivity index (χ4v) is 3.87. The summed E-state index contributed by atoms with van der Waals surface area (Å²) in [6.45, 7) is -1.12. The molecule has 0 spiro atoms. The van der Waals surface area contributed by atoms with Gasteiger partial charge in [0.25, 0.3) is 23.6 Å². The van der Waals surface area contributed by atoms with Crippen molar-refractivity contribution in [2.45, 2.75) is 0 Å². The first-order valence-corrected chi connectivity index (χ1v) is 10.7. The molecule has 0 radical (unpaired) electrons. The molecule has 3 aromatic rings. The minimum atomic E-state index is -0.808. The fourth-order valence-electron chi connectivity index (χ4n) is 3.87. The van der Waals surface area contributed by atoms with Crippen LogP contribution in [0.5, 0.6) is 0 Å². The highest BCUT2D eigenvalue weighted by Crippen LogP contribution is 2.23. The van der Waals surface area contributed by atoms with E-state index in [-0.39, 0.29) is 33.4 Å². The van der Waals surface area contributed by atoms with Crippen molar-refractivity contribution in [3.8, 4) is 0 Å². The summed E-state index contributed by atoms with van der Waals surface area (Å²) in [6.07, 6.45) is 0. The normalized spacial score (nSPS) is 14.1. The molecule has 0 bridgehead atoms. The first-order chi connectivity index (χ1) is 17.4. The van der Waals surface area contributed by atoms with E-state index in [9.17, 15) is 28.8 Å². The Kier molecular flexibility index (Phi) is 5.61. The Labute approximate surface area is 203 Å². The van der Waals surface area contributed by atoms with Gasteiger partial charge in [0.1, 0.15) is 0 Å². The monoisotopic (exact) mass is 484 g/mol. The summed E-state index contributed by atoms with van der Waals surface area (Å²) in [5, 5.41) is 0. The Morgan fingerprint density at radius 3 is 1.06 bits per heavy atom. The maximum absolute atomic E-state index is 12.4. The third-order valence-corrected chi connectivity index (χ3v) is 5.76. The van der Waals surface area contributed by atoms with Crippen LogP contribution in [0.1, 0.15) is 62.1 Å². The lowest BCUT2D eigenvalue weighted by Gasteiger charge is -2.14. The molecule has 178 valence electrons. The number of fused-ring (bicyclic) bond motifs is 2. The second-order valence-electron chi connectivity index (χ2n) is 7.87. The van der Waals surface area contributed by atoms with E-state index in [1.54, 1.807) is 24.3 Å². The molecule has 3 aromatic carbocycles. The number of hydrogen-bond donors (Lipinski definition) is 0. The van der Waals surface area contributed by atoms with Gasteiger partial charge in [0, 0.05) is 0 Å². The van der Waals surface area contributed by atoms with Gasteiger partial charge in [0.05, 0.1) is 33.4 Å². The minimum absolute atomic E-state index is 0.0727. The molecule has 0 aliphatic carbocycles. The SMILES string of the molecule is O=C(OCN1C(=O)c2ccccc2C1=O)c1ccc(C(=O)OCN2C(=O)c3ccccc3C2=O)cc1. The lowest BCUT2D eigenvalue weighted by Crippen LogP contribution is -2.33. The van der Waals surface area contributed by atoms with Crippen molar-refractivity contribution in [3.63, 3.8) is 0 Å². The molecule has 2 aliphatic rings. The Morgan fingerprint density at radius 1 is 0.500 bits per heavy atom. The molecule has 10 heteroatoms. The van der Waals surface area contributed by atoms with Crippen molar-refractivity contribution < 1.29 is 38.2 Å². The van der Waals surface area contributed by atoms with E-state index in [0.29, 0.717) is 0 Å². The molecule has 0 aromatic heterocycles. The minimum Gasteiger partial charge on any atom is -0.440 e. The van der Waals surface area contributed by atoms with Crippen LogP contribution < -0.4 is 0 Å². The van der Waals surface area contributed by atoms with Crippen molar-refractivity contribution >= 4 is 35.6 Å². The van der Waals surface area contributed by atoms with Gasteiger partial charge in [-0.15, -0.1) is 0 Å². The molecule has 36 heavy (non-hydrogen) atoms. The fraction of sp³-hybridized carbons (Fsp3) is 0.0769. The van der Waals surface area contributed by atoms with Crippen LogP contribution >= 0.6 is 0 Å². The van der Waals surface area contributed by atoms with Crippen LogP contribution in [0.3, 0.4) is 0 Å². The van der Waals surface area contributed by atoms with Crippen molar-refractivity contribution in [1.29, 1.82) is 0 Å². The van der Waals surface area contributed by atoms with Crippen molar-refractivity contribution in [2.75, 3.05) is 13.5 Å². The number of nitrogens with zero attached hydrogens (tertiary/aromatic N) is 2. The van der Waals surface area contributed by atoms with Crippen LogP contribution in [0, 0.1) is 0 Å². The average molecular weight is 484 g/mol. The van der Waals surface area contributed by atoms with Gasteiger partial charge in [-0.2, -0.15) is 0 Å². The number of carbonyl (C=O) groups excluding carboxylic acids is 6. The summed E-state index contributed by atoms with van der Waals surface area (Å²) in [5.41, 5.74) is 1.10. The highest BCUT2D eigenvalue weighted by molar-refractivity contribution is 6.22. The molecular weight excluding hydrogens is 468 g/mol. The Bertz CT molecular complexity index is 1280. The lowest BCUT2D eigenvalue weighted by atomic mass is 10.1. The summed E-state index contributed by atoms with van der Waals surface area (Å²) in [5.74, 6) is -3.84. The molecule has 0 unspecified atom stereocenters. The topological polar surface area (TPSA) is 127 Å². The van der Waals surface area contributed by atoms with Gasteiger partial charge in [-0.3, -0.25) is 19.2 Å². The highest BCUT2D eigenvalue weighted by Gasteiger charge is 2.37. The zero-order valence-corrected chi connectivity index (χ0v) is 18.5. The Hall–Kier alpha value is -5.12. The first kappa shape index (κ1) is 22.7. The predicted octanol–water partition coefficient (Wildman–Crippen LogP) is 2.51. The second-order valence-corrected chi connectivity index (χ2v) is 7.87. The molecule has 0 saturated carbocycles. The molecular formula is C26H16N2O8. The van der Waals surface area contributed by atoms with Gasteiger partial charge in [-0.05, 0) is 48.5 Å². The van der Waals surface area contributed by atoms with Crippen LogP contribution in [-0.2, 0) is 9.47 Å². The number of hydrogen-bond acceptors (Lipinski definition) is 8. The summed E-state index contributed by atoms with van der Waals surface area (Å²) in [4.78, 5) is 75.8. The van der Waals surface area contributed by atoms with E-state index in [1.807, 2.05) is 0 Å². The van der Waals surface area contributed by atoms with Crippen molar-refractivity contribution in [1.82, 2.24) is 9.80 Å². The zero-order chi connectivity index (χ0) is 25.4. The van der Waals surface area contributed by atoms with Crippen LogP contribution in [0.4, 0.5) is 0 Å². The third-order valence-electron chi connectivity index (χ3n) is 5.76. The smallest absolute Gasteiger partial charge is 0.339 e. The Morgan fingerprint density at radius 2 is 0.778 bits per heavy atom. The molecule has 5 rings (SSSR count). The summed E-state index contributed by atoms with van der Waals surface area (Å²) >= 11 is 0. The van der Waals surface area contributed by atoms with E-state index in [2.05, 4.69) is 0 Å². The highest BCUT2D eigenvalue weighted by atomic mass is 16.6. The van der Waals surface area contributed by atoms with Crippen LogP contribution in [0.2, 0.25) is 0 Å². The van der Waals surface area contributed by atoms with Gasteiger partial charge in [-0.1, -0.05) is 24.3 Å². The lowest BCUT2D eigenvalue weighted by molar-refractivity contribution is 0.0203. The van der Waals surface area contributed by atoms with Crippen molar-refractivity contribution in [3.05, 3.63) is 106 Å². The second kappa shape index (κ2) is 8.91. The maximum atomic E-state index is 12.4. The van der Waals surface area contributed by atoms with Gasteiger partial charge in [-0.25, -0.2) is 19.4 Å². The molecule has 0 N–H and O–H groups in total. The molecule has 4 amide bonds. The van der Waals surface area contributed by atoms with Crippen LogP contribution in [0.25, 0.3) is 0 Å². The predicted molar refractivity (Wildman–Crippen MR) is 121 cm³/mol. The average Bonchev–Trinajstić information content (AvgIpc) is 3.30. The first-order valence-electron chi connectivity index (χ1n) is 10.7. The van der Waals surface area contributed by atoms with Crippen LogP contribution in [0.15, 0.2) is 72.8 Å². The van der Waals surface area contributed by atoms with E-state index in [0.717, 1.165) is 9.80 Å². The van der Waals surface area contributed by atoms with E-state index >= 15 is 0 Å². The number of ether oxygens (including phenoxy) is 2.